The lowest BCUT2D eigenvalue weighted by atomic mass is 10.0. The number of benzene rings is 2. The van der Waals surface area contributed by atoms with Gasteiger partial charge in [-0.05, 0) is 30.7 Å². The van der Waals surface area contributed by atoms with E-state index in [0.717, 1.165) is 5.39 Å². The van der Waals surface area contributed by atoms with E-state index in [0.29, 0.717) is 28.9 Å². The Balaban J connectivity index is 1.99. The molecular formula is C20H22N2O4S. The number of aryl methyl sites for hydroxylation is 1. The van der Waals surface area contributed by atoms with Crippen molar-refractivity contribution in [3.8, 4) is 0 Å². The highest BCUT2D eigenvalue weighted by molar-refractivity contribution is 7.89. The first kappa shape index (κ1) is 19.1. The summed E-state index contributed by atoms with van der Waals surface area (Å²) < 4.78 is 29.1. The minimum Gasteiger partial charge on any atom is -0.460 e. The molecule has 0 spiro atoms. The summed E-state index contributed by atoms with van der Waals surface area (Å²) in [5.41, 5.74) is 1.91. The highest BCUT2D eigenvalue weighted by Gasteiger charge is 2.26. The van der Waals surface area contributed by atoms with E-state index in [4.69, 9.17) is 9.56 Å². The number of nitrogens with two attached hydrogens (primary N) is 1. The Morgan fingerprint density at radius 2 is 1.89 bits per heavy atom. The molecule has 0 fully saturated rings. The Hall–Kier alpha value is -2.64. The van der Waals surface area contributed by atoms with Crippen molar-refractivity contribution in [1.29, 1.82) is 0 Å². The number of para-hydroxylation sites is 1. The molecule has 2 aromatic carbocycles. The van der Waals surface area contributed by atoms with E-state index in [1.54, 1.807) is 24.1 Å². The fourth-order valence-electron chi connectivity index (χ4n) is 3.11. The van der Waals surface area contributed by atoms with E-state index >= 15 is 0 Å². The number of primary sulfonamides is 1. The Kier molecular flexibility index (Phi) is 5.08. The van der Waals surface area contributed by atoms with E-state index in [1.807, 2.05) is 38.1 Å². The van der Waals surface area contributed by atoms with Crippen LogP contribution < -0.4 is 5.14 Å². The average Bonchev–Trinajstić information content (AvgIpc) is 3.04. The summed E-state index contributed by atoms with van der Waals surface area (Å²) in [5.74, 6) is 0.462. The molecule has 2 N–H and O–H groups in total. The van der Waals surface area contributed by atoms with Crippen LogP contribution in [0.25, 0.3) is 11.0 Å². The second-order valence-corrected chi connectivity index (χ2v) is 8.02. The molecule has 1 aromatic heterocycles. The molecule has 142 valence electrons. The van der Waals surface area contributed by atoms with Crippen molar-refractivity contribution in [3.05, 3.63) is 65.4 Å². The van der Waals surface area contributed by atoms with E-state index in [1.165, 1.54) is 12.1 Å². The number of sulfonamides is 1. The maximum absolute atomic E-state index is 13.2. The van der Waals surface area contributed by atoms with Crippen molar-refractivity contribution in [2.45, 2.75) is 31.2 Å². The molecule has 27 heavy (non-hydrogen) atoms. The van der Waals surface area contributed by atoms with Gasteiger partial charge in [-0.3, -0.25) is 4.79 Å². The molecule has 0 radical (unpaired) electrons. The van der Waals surface area contributed by atoms with Gasteiger partial charge in [-0.1, -0.05) is 37.3 Å². The summed E-state index contributed by atoms with van der Waals surface area (Å²) in [7, 11) is -2.11. The number of furan rings is 1. The van der Waals surface area contributed by atoms with Crippen LogP contribution in [-0.4, -0.2) is 26.3 Å². The van der Waals surface area contributed by atoms with Crippen molar-refractivity contribution in [3.63, 3.8) is 0 Å². The maximum atomic E-state index is 13.2. The number of amides is 1. The molecular weight excluding hydrogens is 364 g/mol. The summed E-state index contributed by atoms with van der Waals surface area (Å²) in [6.45, 7) is 3.78. The van der Waals surface area contributed by atoms with Gasteiger partial charge in [0.15, 0.2) is 0 Å². The number of hydrogen-bond donors (Lipinski definition) is 1. The summed E-state index contributed by atoms with van der Waals surface area (Å²) in [6.07, 6.45) is 0.596. The highest BCUT2D eigenvalue weighted by Crippen LogP contribution is 2.30. The van der Waals surface area contributed by atoms with Crippen molar-refractivity contribution >= 4 is 26.9 Å². The zero-order chi connectivity index (χ0) is 19.8. The molecule has 0 saturated heterocycles. The number of nitrogens with zero attached hydrogens (tertiary/aromatic N) is 1. The van der Waals surface area contributed by atoms with Gasteiger partial charge in [-0.25, -0.2) is 13.6 Å². The number of hydrogen-bond acceptors (Lipinski definition) is 4. The second-order valence-electron chi connectivity index (χ2n) is 6.46. The van der Waals surface area contributed by atoms with Crippen LogP contribution in [-0.2, 0) is 16.4 Å². The van der Waals surface area contributed by atoms with Crippen LogP contribution in [0.3, 0.4) is 0 Å². The molecule has 1 amide bonds. The van der Waals surface area contributed by atoms with Gasteiger partial charge in [0.25, 0.3) is 5.91 Å². The first-order valence-electron chi connectivity index (χ1n) is 8.64. The molecule has 0 aliphatic heterocycles. The van der Waals surface area contributed by atoms with Crippen molar-refractivity contribution in [2.75, 3.05) is 7.05 Å². The zero-order valence-corrected chi connectivity index (χ0v) is 16.3. The number of carbonyl (C=O) groups excluding carboxylic acids is 1. The first-order valence-corrected chi connectivity index (χ1v) is 10.2. The Bertz CT molecular complexity index is 1100. The molecule has 3 aromatic rings. The molecule has 3 rings (SSSR count). The van der Waals surface area contributed by atoms with E-state index in [2.05, 4.69) is 0 Å². The second kappa shape index (κ2) is 7.17. The van der Waals surface area contributed by atoms with Crippen LogP contribution in [0, 0.1) is 0 Å². The average molecular weight is 386 g/mol. The van der Waals surface area contributed by atoms with Gasteiger partial charge < -0.3 is 9.32 Å². The fourth-order valence-corrected chi connectivity index (χ4v) is 3.68. The molecule has 1 heterocycles. The third-order valence-corrected chi connectivity index (χ3v) is 5.68. The smallest absolute Gasteiger partial charge is 0.258 e. The number of fused-ring (bicyclic) bond motifs is 1. The molecule has 0 saturated carbocycles. The summed E-state index contributed by atoms with van der Waals surface area (Å²) in [4.78, 5) is 14.8. The fraction of sp³-hybridized carbons (Fsp3) is 0.250. The predicted octanol–water partition coefficient (Wildman–Crippen LogP) is 3.48. The molecule has 6 nitrogen and oxygen atoms in total. The van der Waals surface area contributed by atoms with Crippen LogP contribution in [0.1, 0.15) is 41.6 Å². The quantitative estimate of drug-likeness (QED) is 0.726. The first-order chi connectivity index (χ1) is 12.7. The zero-order valence-electron chi connectivity index (χ0n) is 15.5. The van der Waals surface area contributed by atoms with Crippen molar-refractivity contribution in [2.24, 2.45) is 5.14 Å². The standard InChI is InChI=1S/C20H22N2O4S/c1-4-17-19(16-10-5-6-11-18(16)26-17)20(23)22(3)13(2)14-8-7-9-15(12-14)27(21,24)25/h5-13H,4H2,1-3H3,(H2,21,24,25). The topological polar surface area (TPSA) is 93.6 Å². The number of carbonyl (C=O) groups is 1. The normalized spacial score (nSPS) is 12.9. The van der Waals surface area contributed by atoms with E-state index in [-0.39, 0.29) is 16.8 Å². The van der Waals surface area contributed by atoms with Crippen LogP contribution >= 0.6 is 0 Å². The van der Waals surface area contributed by atoms with Crippen LogP contribution in [0.4, 0.5) is 0 Å². The lowest BCUT2D eigenvalue weighted by Crippen LogP contribution is -2.30. The summed E-state index contributed by atoms with van der Waals surface area (Å²) >= 11 is 0. The van der Waals surface area contributed by atoms with Gasteiger partial charge in [-0.15, -0.1) is 0 Å². The van der Waals surface area contributed by atoms with Gasteiger partial charge in [0, 0.05) is 18.9 Å². The Labute approximate surface area is 158 Å². The third kappa shape index (κ3) is 3.61. The number of rotatable bonds is 5. The minimum absolute atomic E-state index is 0.0238. The molecule has 0 bridgehead atoms. The van der Waals surface area contributed by atoms with Gasteiger partial charge in [0.05, 0.1) is 16.5 Å². The van der Waals surface area contributed by atoms with Gasteiger partial charge in [0.1, 0.15) is 11.3 Å². The van der Waals surface area contributed by atoms with E-state index < -0.39 is 10.0 Å². The van der Waals surface area contributed by atoms with Gasteiger partial charge in [-0.2, -0.15) is 0 Å². The third-order valence-electron chi connectivity index (χ3n) is 4.77. The molecule has 1 unspecified atom stereocenters. The highest BCUT2D eigenvalue weighted by atomic mass is 32.2. The van der Waals surface area contributed by atoms with Crippen molar-refractivity contribution < 1.29 is 17.6 Å². The Morgan fingerprint density at radius 3 is 2.56 bits per heavy atom. The van der Waals surface area contributed by atoms with Crippen molar-refractivity contribution in [1.82, 2.24) is 4.90 Å². The monoisotopic (exact) mass is 386 g/mol. The Morgan fingerprint density at radius 1 is 1.19 bits per heavy atom. The molecule has 7 heteroatoms. The lowest BCUT2D eigenvalue weighted by molar-refractivity contribution is 0.0742. The minimum atomic E-state index is -3.81. The maximum Gasteiger partial charge on any atom is 0.258 e. The van der Waals surface area contributed by atoms with Crippen LogP contribution in [0.5, 0.6) is 0 Å². The van der Waals surface area contributed by atoms with E-state index in [9.17, 15) is 13.2 Å². The largest absolute Gasteiger partial charge is 0.460 e. The predicted molar refractivity (Wildman–Crippen MR) is 104 cm³/mol. The molecule has 0 aliphatic carbocycles. The van der Waals surface area contributed by atoms with Crippen LogP contribution in [0.15, 0.2) is 57.8 Å². The SMILES string of the molecule is CCc1oc2ccccc2c1C(=O)N(C)C(C)c1cccc(S(N)(=O)=O)c1. The van der Waals surface area contributed by atoms with Crippen LogP contribution in [0.2, 0.25) is 0 Å². The molecule has 0 aliphatic rings. The summed E-state index contributed by atoms with van der Waals surface area (Å²) in [6, 6.07) is 13.4. The van der Waals surface area contributed by atoms with Gasteiger partial charge in [0.2, 0.25) is 10.0 Å². The van der Waals surface area contributed by atoms with Gasteiger partial charge >= 0.3 is 0 Å². The molecule has 1 atom stereocenters. The summed E-state index contributed by atoms with van der Waals surface area (Å²) in [5, 5.41) is 5.99. The lowest BCUT2D eigenvalue weighted by Gasteiger charge is -2.25.